The molecule has 1 aromatic carbocycles. The molecule has 4 N–H and O–H groups in total. The molecule has 1 aliphatic carbocycles. The monoisotopic (exact) mass is 476 g/mol. The molecule has 9 heteroatoms. The number of amides is 2. The number of pyridine rings is 1. The van der Waals surface area contributed by atoms with Gasteiger partial charge in [0.1, 0.15) is 5.82 Å². The molecule has 35 heavy (non-hydrogen) atoms. The first kappa shape index (κ1) is 24.0. The van der Waals surface area contributed by atoms with Crippen molar-refractivity contribution in [3.8, 4) is 11.5 Å². The lowest BCUT2D eigenvalue weighted by Gasteiger charge is -2.34. The van der Waals surface area contributed by atoms with Gasteiger partial charge in [0.2, 0.25) is 0 Å². The third-order valence-corrected chi connectivity index (χ3v) is 6.07. The van der Waals surface area contributed by atoms with Crippen LogP contribution < -0.4 is 25.8 Å². The van der Waals surface area contributed by atoms with E-state index in [0.717, 1.165) is 24.1 Å². The van der Waals surface area contributed by atoms with Crippen molar-refractivity contribution < 1.29 is 23.9 Å². The van der Waals surface area contributed by atoms with Gasteiger partial charge in [0, 0.05) is 41.1 Å². The van der Waals surface area contributed by atoms with Crippen molar-refractivity contribution in [3.05, 3.63) is 70.2 Å². The molecule has 1 atom stereocenters. The van der Waals surface area contributed by atoms with E-state index in [4.69, 9.17) is 15.2 Å². The van der Waals surface area contributed by atoms with Crippen molar-refractivity contribution in [3.63, 3.8) is 0 Å². The minimum atomic E-state index is -0.612. The molecule has 1 unspecified atom stereocenters. The first-order chi connectivity index (χ1) is 16.8. The Morgan fingerprint density at radius 2 is 1.97 bits per heavy atom. The summed E-state index contributed by atoms with van der Waals surface area (Å²) in [4.78, 5) is 42.1. The molecule has 2 heterocycles. The van der Waals surface area contributed by atoms with E-state index in [0.29, 0.717) is 46.1 Å². The highest BCUT2D eigenvalue weighted by Gasteiger charge is 2.38. The fourth-order valence-electron chi connectivity index (χ4n) is 4.54. The highest BCUT2D eigenvalue weighted by Crippen LogP contribution is 2.44. The molecule has 9 nitrogen and oxygen atoms in total. The van der Waals surface area contributed by atoms with Crippen LogP contribution in [0.5, 0.6) is 11.5 Å². The van der Waals surface area contributed by atoms with E-state index in [1.165, 1.54) is 7.11 Å². The third-order valence-electron chi connectivity index (χ3n) is 6.07. The zero-order chi connectivity index (χ0) is 25.1. The van der Waals surface area contributed by atoms with Gasteiger partial charge >= 0.3 is 0 Å². The van der Waals surface area contributed by atoms with Crippen LogP contribution in [0.1, 0.15) is 43.2 Å². The number of ether oxygens (including phenoxy) is 2. The molecule has 2 amide bonds. The number of Topliss-reactive ketones (excluding diaryl/α,β-unsaturated/α-hetero) is 1. The quantitative estimate of drug-likeness (QED) is 0.560. The largest absolute Gasteiger partial charge is 0.493 e. The van der Waals surface area contributed by atoms with Gasteiger partial charge in [0.05, 0.1) is 7.11 Å². The predicted molar refractivity (Wildman–Crippen MR) is 130 cm³/mol. The van der Waals surface area contributed by atoms with Crippen LogP contribution in [-0.4, -0.2) is 36.3 Å². The number of benzene rings is 1. The number of carbonyl (C=O) groups is 3. The number of dihydropyridines is 1. The number of anilines is 1. The summed E-state index contributed by atoms with van der Waals surface area (Å²) in [7, 11) is 1.48. The van der Waals surface area contributed by atoms with Gasteiger partial charge in [-0.3, -0.25) is 14.4 Å². The van der Waals surface area contributed by atoms with Crippen LogP contribution in [-0.2, 0) is 14.4 Å². The predicted octanol–water partition coefficient (Wildman–Crippen LogP) is 2.87. The Morgan fingerprint density at radius 1 is 1.17 bits per heavy atom. The summed E-state index contributed by atoms with van der Waals surface area (Å²) in [6, 6.07) is 8.78. The van der Waals surface area contributed by atoms with Gasteiger partial charge in [-0.25, -0.2) is 4.98 Å². The highest BCUT2D eigenvalue weighted by molar-refractivity contribution is 6.09. The van der Waals surface area contributed by atoms with Gasteiger partial charge in [-0.2, -0.15) is 0 Å². The van der Waals surface area contributed by atoms with Gasteiger partial charge in [-0.1, -0.05) is 6.07 Å². The number of allylic oxidation sites excluding steroid dienone is 3. The number of hydrogen-bond donors (Lipinski definition) is 3. The van der Waals surface area contributed by atoms with Crippen molar-refractivity contribution in [2.75, 3.05) is 19.0 Å². The fraction of sp³-hybridized carbons (Fsp3) is 0.308. The third kappa shape index (κ3) is 5.03. The number of ketones is 1. The molecular formula is C26H28N4O5. The molecule has 1 aromatic heterocycles. The second kappa shape index (κ2) is 10.0. The normalized spacial score (nSPS) is 17.5. The number of carbonyl (C=O) groups excluding carboxylic acids is 3. The second-order valence-electron chi connectivity index (χ2n) is 8.60. The Labute approximate surface area is 203 Å². The van der Waals surface area contributed by atoms with Crippen LogP contribution in [0.2, 0.25) is 0 Å². The number of aryl methyl sites for hydroxylation is 1. The van der Waals surface area contributed by atoms with Crippen LogP contribution in [0.15, 0.2) is 59.1 Å². The number of primary amides is 1. The lowest BCUT2D eigenvalue weighted by atomic mass is 9.75. The van der Waals surface area contributed by atoms with E-state index in [9.17, 15) is 14.4 Å². The second-order valence-corrected chi connectivity index (χ2v) is 8.60. The summed E-state index contributed by atoms with van der Waals surface area (Å²) in [6.07, 6.45) is 3.52. The standard InChI is InChI=1S/C26H28N4O5/c1-14-9-10-28-22(11-14)30-26(33)23-15(2)29-17-5-4-6-18(31)25(17)24(23)16-7-8-19(20(12-16)34-3)35-13-21(27)32/h7-12,24,29H,4-6,13H2,1-3H3,(H2,27,32)(H,28,30,33). The molecule has 0 fully saturated rings. The number of rotatable bonds is 7. The first-order valence-corrected chi connectivity index (χ1v) is 11.4. The maximum absolute atomic E-state index is 13.6. The number of nitrogens with zero attached hydrogens (tertiary/aromatic N) is 1. The van der Waals surface area contributed by atoms with E-state index >= 15 is 0 Å². The molecule has 0 saturated carbocycles. The Bertz CT molecular complexity index is 1260. The number of nitrogens with one attached hydrogen (secondary N) is 2. The van der Waals surface area contributed by atoms with Crippen LogP contribution >= 0.6 is 0 Å². The number of hydrogen-bond acceptors (Lipinski definition) is 7. The summed E-state index contributed by atoms with van der Waals surface area (Å²) >= 11 is 0. The van der Waals surface area contributed by atoms with E-state index in [1.807, 2.05) is 19.9 Å². The minimum absolute atomic E-state index is 0.00301. The molecule has 2 aliphatic rings. The van der Waals surface area contributed by atoms with E-state index in [-0.39, 0.29) is 18.3 Å². The average molecular weight is 477 g/mol. The highest BCUT2D eigenvalue weighted by atomic mass is 16.5. The summed E-state index contributed by atoms with van der Waals surface area (Å²) < 4.78 is 10.9. The van der Waals surface area contributed by atoms with Gasteiger partial charge in [-0.15, -0.1) is 0 Å². The Hall–Kier alpha value is -4.14. The van der Waals surface area contributed by atoms with E-state index in [1.54, 1.807) is 30.5 Å². The van der Waals surface area contributed by atoms with Crippen molar-refractivity contribution in [1.82, 2.24) is 10.3 Å². The zero-order valence-corrected chi connectivity index (χ0v) is 19.9. The molecule has 2 aromatic rings. The topological polar surface area (TPSA) is 133 Å². The maximum Gasteiger partial charge on any atom is 0.255 e. The molecule has 1 aliphatic heterocycles. The van der Waals surface area contributed by atoms with Gasteiger partial charge < -0.3 is 25.8 Å². The SMILES string of the molecule is COc1cc(C2C(C(=O)Nc3cc(C)ccn3)=C(C)NC3=C2C(=O)CCC3)ccc1OCC(N)=O. The summed E-state index contributed by atoms with van der Waals surface area (Å²) in [5, 5.41) is 6.18. The smallest absolute Gasteiger partial charge is 0.255 e. The molecule has 4 rings (SSSR count). The van der Waals surface area contributed by atoms with Crippen molar-refractivity contribution in [2.24, 2.45) is 5.73 Å². The van der Waals surface area contributed by atoms with Crippen LogP contribution in [0.25, 0.3) is 0 Å². The maximum atomic E-state index is 13.6. The van der Waals surface area contributed by atoms with Crippen molar-refractivity contribution in [1.29, 1.82) is 0 Å². The van der Waals surface area contributed by atoms with Crippen LogP contribution in [0.4, 0.5) is 5.82 Å². The van der Waals surface area contributed by atoms with Gasteiger partial charge in [0.15, 0.2) is 23.9 Å². The van der Waals surface area contributed by atoms with Crippen LogP contribution in [0.3, 0.4) is 0 Å². The molecular weight excluding hydrogens is 448 g/mol. The summed E-state index contributed by atoms with van der Waals surface area (Å²) in [5.74, 6) is -0.438. The molecule has 182 valence electrons. The molecule has 0 radical (unpaired) electrons. The summed E-state index contributed by atoms with van der Waals surface area (Å²) in [6.45, 7) is 3.45. The molecule has 0 saturated heterocycles. The summed E-state index contributed by atoms with van der Waals surface area (Å²) in [5.41, 5.74) is 9.36. The van der Waals surface area contributed by atoms with E-state index < -0.39 is 11.8 Å². The van der Waals surface area contributed by atoms with Crippen LogP contribution in [0, 0.1) is 6.92 Å². The Kier molecular flexibility index (Phi) is 6.86. The Morgan fingerprint density at radius 3 is 2.69 bits per heavy atom. The number of aromatic nitrogens is 1. The van der Waals surface area contributed by atoms with Crippen molar-refractivity contribution in [2.45, 2.75) is 39.0 Å². The average Bonchev–Trinajstić information content (AvgIpc) is 2.81. The van der Waals surface area contributed by atoms with Gasteiger partial charge in [-0.05, 0) is 62.1 Å². The molecule has 0 spiro atoms. The number of methoxy groups -OCH3 is 1. The Balaban J connectivity index is 1.78. The van der Waals surface area contributed by atoms with E-state index in [2.05, 4.69) is 15.6 Å². The minimum Gasteiger partial charge on any atom is -0.493 e. The molecule has 0 bridgehead atoms. The van der Waals surface area contributed by atoms with Gasteiger partial charge in [0.25, 0.3) is 11.8 Å². The number of nitrogens with two attached hydrogens (primary N) is 1. The lowest BCUT2D eigenvalue weighted by molar-refractivity contribution is -0.120. The first-order valence-electron chi connectivity index (χ1n) is 11.4. The fourth-order valence-corrected chi connectivity index (χ4v) is 4.54. The zero-order valence-electron chi connectivity index (χ0n) is 19.9. The van der Waals surface area contributed by atoms with Crippen molar-refractivity contribution >= 4 is 23.4 Å². The lowest BCUT2D eigenvalue weighted by Crippen LogP contribution is -2.35.